The van der Waals surface area contributed by atoms with Gasteiger partial charge < -0.3 is 19.8 Å². The highest BCUT2D eigenvalue weighted by Crippen LogP contribution is 2.43. The number of phosphoric acid groups is 1. The summed E-state index contributed by atoms with van der Waals surface area (Å²) in [6, 6.07) is -0.858. The van der Waals surface area contributed by atoms with E-state index in [1.807, 2.05) is 27.2 Å². The third-order valence-electron chi connectivity index (χ3n) is 11.2. The fraction of sp³-hybridized carbons (Fsp3) is 0.898. The Morgan fingerprint density at radius 2 is 0.948 bits per heavy atom. The van der Waals surface area contributed by atoms with Gasteiger partial charge >= 0.3 is 7.82 Å². The first-order chi connectivity index (χ1) is 28.0. The minimum atomic E-state index is -4.34. The van der Waals surface area contributed by atoms with Crippen LogP contribution in [0.2, 0.25) is 0 Å². The van der Waals surface area contributed by atoms with Crippen molar-refractivity contribution in [3.8, 4) is 0 Å². The lowest BCUT2D eigenvalue weighted by Gasteiger charge is -2.25. The van der Waals surface area contributed by atoms with E-state index in [-0.39, 0.29) is 19.1 Å². The Bertz CT molecular complexity index is 1000. The van der Waals surface area contributed by atoms with E-state index in [1.165, 1.54) is 173 Å². The molecule has 8 nitrogen and oxygen atoms in total. The first-order valence-corrected chi connectivity index (χ1v) is 26.2. The molecule has 1 unspecified atom stereocenters. The van der Waals surface area contributed by atoms with Gasteiger partial charge in [0, 0.05) is 6.42 Å². The SMILES string of the molecule is CCCCCCCCCCCC/C=C/CC/C=C/[C@@H](O)[C@H](COP(=O)(O)OCC[N+](C)(C)C)NC(=O)CCCCCCCCCCCCCCCCCCCCCC. The van der Waals surface area contributed by atoms with Crippen LogP contribution in [0.1, 0.15) is 232 Å². The first kappa shape index (κ1) is 57.0. The summed E-state index contributed by atoms with van der Waals surface area (Å²) in [5.74, 6) is -0.183. The lowest BCUT2D eigenvalue weighted by atomic mass is 10.0. The normalized spacial score (nSPS) is 14.4. The second-order valence-corrected chi connectivity index (χ2v) is 19.6. The maximum Gasteiger partial charge on any atom is 0.472 e. The Balaban J connectivity index is 4.34. The third-order valence-corrected chi connectivity index (χ3v) is 12.2. The second-order valence-electron chi connectivity index (χ2n) is 18.2. The molecule has 3 atom stereocenters. The smallest absolute Gasteiger partial charge is 0.387 e. The molecule has 0 radical (unpaired) electrons. The maximum atomic E-state index is 12.9. The van der Waals surface area contributed by atoms with Gasteiger partial charge in [-0.25, -0.2) is 4.57 Å². The summed E-state index contributed by atoms with van der Waals surface area (Å²) in [6.45, 7) is 4.81. The number of unbranched alkanes of at least 4 members (excludes halogenated alkanes) is 30. The van der Waals surface area contributed by atoms with Crippen LogP contribution in [0.5, 0.6) is 0 Å². The van der Waals surface area contributed by atoms with Crippen LogP contribution in [0.15, 0.2) is 24.3 Å². The van der Waals surface area contributed by atoms with Gasteiger partial charge in [0.1, 0.15) is 13.2 Å². The van der Waals surface area contributed by atoms with Crippen LogP contribution < -0.4 is 5.32 Å². The van der Waals surface area contributed by atoms with Gasteiger partial charge in [0.25, 0.3) is 0 Å². The number of hydrogen-bond donors (Lipinski definition) is 3. The fourth-order valence-corrected chi connectivity index (χ4v) is 7.97. The molecule has 0 fully saturated rings. The van der Waals surface area contributed by atoms with E-state index in [9.17, 15) is 19.4 Å². The summed E-state index contributed by atoms with van der Waals surface area (Å²) in [4.78, 5) is 23.2. The second kappa shape index (κ2) is 41.3. The molecule has 0 saturated heterocycles. The van der Waals surface area contributed by atoms with Gasteiger partial charge in [-0.2, -0.15) is 0 Å². The number of rotatable bonds is 45. The summed E-state index contributed by atoms with van der Waals surface area (Å²) < 4.78 is 23.6. The van der Waals surface area contributed by atoms with Crippen molar-refractivity contribution in [2.24, 2.45) is 0 Å². The van der Waals surface area contributed by atoms with Gasteiger partial charge in [-0.05, 0) is 32.1 Å². The zero-order valence-corrected chi connectivity index (χ0v) is 39.9. The van der Waals surface area contributed by atoms with Crippen molar-refractivity contribution in [1.29, 1.82) is 0 Å². The molecular formula is C49H98N2O6P+. The fourth-order valence-electron chi connectivity index (χ4n) is 7.23. The van der Waals surface area contributed by atoms with E-state index < -0.39 is 20.0 Å². The molecular weight excluding hydrogens is 744 g/mol. The van der Waals surface area contributed by atoms with E-state index >= 15 is 0 Å². The lowest BCUT2D eigenvalue weighted by molar-refractivity contribution is -0.870. The number of hydrogen-bond acceptors (Lipinski definition) is 5. The summed E-state index contributed by atoms with van der Waals surface area (Å²) >= 11 is 0. The highest BCUT2D eigenvalue weighted by Gasteiger charge is 2.27. The average Bonchev–Trinajstić information content (AvgIpc) is 3.17. The number of carbonyl (C=O) groups is 1. The standard InChI is InChI=1S/C49H97N2O6P/c1-6-8-10-12-14-16-18-20-22-24-25-26-27-29-31-33-35-37-39-41-43-49(53)50-47(46-57-58(54,55)56-45-44-51(3,4)5)48(52)42-40-38-36-34-32-30-28-23-21-19-17-15-13-11-9-7-2/h32,34,40,42,47-48,52H,6-31,33,35-39,41,43-46H2,1-5H3,(H-,50,53,54,55)/p+1/b34-32+,42-40+/t47-,48+/m0/s1. The Morgan fingerprint density at radius 1 is 0.569 bits per heavy atom. The number of likely N-dealkylation sites (N-methyl/N-ethyl adjacent to an activating group) is 1. The maximum absolute atomic E-state index is 12.9. The van der Waals surface area contributed by atoms with Gasteiger partial charge in [-0.1, -0.05) is 218 Å². The molecule has 0 aromatic heterocycles. The minimum Gasteiger partial charge on any atom is -0.387 e. The molecule has 1 amide bonds. The van der Waals surface area contributed by atoms with Crippen molar-refractivity contribution in [1.82, 2.24) is 5.32 Å². The van der Waals surface area contributed by atoms with Crippen LogP contribution in [0.3, 0.4) is 0 Å². The lowest BCUT2D eigenvalue weighted by Crippen LogP contribution is -2.45. The van der Waals surface area contributed by atoms with Gasteiger partial charge in [0.05, 0.1) is 39.9 Å². The van der Waals surface area contributed by atoms with Crippen molar-refractivity contribution in [3.05, 3.63) is 24.3 Å². The number of aliphatic hydroxyl groups is 1. The molecule has 9 heteroatoms. The highest BCUT2D eigenvalue weighted by molar-refractivity contribution is 7.47. The van der Waals surface area contributed by atoms with E-state index in [0.29, 0.717) is 17.4 Å². The molecule has 0 aromatic rings. The third kappa shape index (κ3) is 43.1. The highest BCUT2D eigenvalue weighted by atomic mass is 31.2. The van der Waals surface area contributed by atoms with Crippen molar-refractivity contribution in [2.75, 3.05) is 40.9 Å². The summed E-state index contributed by atoms with van der Waals surface area (Å²) in [5, 5.41) is 13.8. The number of carbonyl (C=O) groups excluding carboxylic acids is 1. The zero-order valence-electron chi connectivity index (χ0n) is 39.0. The molecule has 0 spiro atoms. The molecule has 3 N–H and O–H groups in total. The molecule has 58 heavy (non-hydrogen) atoms. The number of aliphatic hydroxyl groups excluding tert-OH is 1. The molecule has 0 aliphatic heterocycles. The molecule has 0 saturated carbocycles. The molecule has 0 rings (SSSR count). The number of quaternary nitrogens is 1. The van der Waals surface area contributed by atoms with Crippen molar-refractivity contribution in [3.63, 3.8) is 0 Å². The van der Waals surface area contributed by atoms with Crippen molar-refractivity contribution >= 4 is 13.7 Å². The summed E-state index contributed by atoms with van der Waals surface area (Å²) in [6.07, 6.45) is 49.7. The van der Waals surface area contributed by atoms with Gasteiger partial charge in [-0.3, -0.25) is 13.8 Å². The Morgan fingerprint density at radius 3 is 1.38 bits per heavy atom. The molecule has 0 aliphatic carbocycles. The first-order valence-electron chi connectivity index (χ1n) is 24.7. The largest absolute Gasteiger partial charge is 0.472 e. The van der Waals surface area contributed by atoms with Gasteiger partial charge in [0.2, 0.25) is 5.91 Å². The van der Waals surface area contributed by atoms with E-state index in [1.54, 1.807) is 6.08 Å². The molecule has 0 bridgehead atoms. The average molecular weight is 842 g/mol. The number of phosphoric ester groups is 1. The van der Waals surface area contributed by atoms with E-state index in [4.69, 9.17) is 9.05 Å². The van der Waals surface area contributed by atoms with Crippen LogP contribution in [-0.4, -0.2) is 73.4 Å². The predicted molar refractivity (Wildman–Crippen MR) is 249 cm³/mol. The molecule has 344 valence electrons. The van der Waals surface area contributed by atoms with Gasteiger partial charge in [0.15, 0.2) is 0 Å². The van der Waals surface area contributed by atoms with Crippen LogP contribution in [-0.2, 0) is 18.4 Å². The number of amides is 1. The quantitative estimate of drug-likeness (QED) is 0.0244. The minimum absolute atomic E-state index is 0.0584. The van der Waals surface area contributed by atoms with Crippen LogP contribution in [0.4, 0.5) is 0 Å². The Labute approximate surface area is 360 Å². The van der Waals surface area contributed by atoms with Crippen LogP contribution >= 0.6 is 7.82 Å². The predicted octanol–water partition coefficient (Wildman–Crippen LogP) is 14.1. The van der Waals surface area contributed by atoms with Crippen LogP contribution in [0, 0.1) is 0 Å². The molecule has 0 heterocycles. The van der Waals surface area contributed by atoms with Crippen LogP contribution in [0.25, 0.3) is 0 Å². The molecule has 0 aromatic carbocycles. The van der Waals surface area contributed by atoms with Crippen molar-refractivity contribution < 1.29 is 32.9 Å². The summed E-state index contributed by atoms with van der Waals surface area (Å²) in [5.41, 5.74) is 0. The summed E-state index contributed by atoms with van der Waals surface area (Å²) in [7, 11) is 1.56. The van der Waals surface area contributed by atoms with E-state index in [2.05, 4.69) is 31.3 Å². The topological polar surface area (TPSA) is 105 Å². The Kier molecular flexibility index (Phi) is 40.6. The number of nitrogens with one attached hydrogen (secondary N) is 1. The Hall–Kier alpha value is -1.02. The molecule has 0 aliphatic rings. The number of allylic oxidation sites excluding steroid dienone is 3. The van der Waals surface area contributed by atoms with Gasteiger partial charge in [-0.15, -0.1) is 0 Å². The van der Waals surface area contributed by atoms with Crippen molar-refractivity contribution in [2.45, 2.75) is 244 Å². The number of nitrogens with zero attached hydrogens (tertiary/aromatic N) is 1. The zero-order chi connectivity index (χ0) is 42.8. The van der Waals surface area contributed by atoms with E-state index in [0.717, 1.165) is 38.5 Å². The monoisotopic (exact) mass is 842 g/mol.